The minimum absolute atomic E-state index is 0.928. The largest absolute Gasteiger partial charge is 0.394 e. The molecule has 0 aromatic rings. The molecule has 10 saturated heterocycles. The van der Waals surface area contributed by atoms with Crippen LogP contribution in [0.25, 0.3) is 0 Å². The Morgan fingerprint density at radius 3 is 1.01 bits per heavy atom. The monoisotopic (exact) mass is 1730 g/mol. The number of hydrogen-bond donors (Lipinski definition) is 30. The van der Waals surface area contributed by atoms with Gasteiger partial charge >= 0.3 is 0 Å². The van der Waals surface area contributed by atoms with E-state index in [2.05, 4.69) is 16.0 Å². The average molecular weight is 1730 g/mol. The van der Waals surface area contributed by atoms with E-state index in [1.165, 1.54) is 13.8 Å². The zero-order valence-electron chi connectivity index (χ0n) is 63.6. The number of carbonyl (C=O) groups is 3. The van der Waals surface area contributed by atoms with Gasteiger partial charge in [0, 0.05) is 20.8 Å². The number of ether oxygens (including phenoxy) is 19. The highest BCUT2D eigenvalue weighted by molar-refractivity contribution is 5.74. The molecule has 3 amide bonds. The summed E-state index contributed by atoms with van der Waals surface area (Å²) in [5, 5.41) is 306. The Morgan fingerprint density at radius 1 is 0.237 bits per heavy atom. The molecule has 0 saturated carbocycles. The first-order chi connectivity index (χ1) is 55.8. The molecule has 10 fully saturated rings. The van der Waals surface area contributed by atoms with Crippen molar-refractivity contribution >= 4 is 17.7 Å². The predicted octanol–water partition coefficient (Wildman–Crippen LogP) is -20.3. The van der Waals surface area contributed by atoms with E-state index in [1.54, 1.807) is 0 Å². The van der Waals surface area contributed by atoms with E-state index < -0.39 is 377 Å². The lowest BCUT2D eigenvalue weighted by molar-refractivity contribution is -0.394. The Morgan fingerprint density at radius 2 is 0.534 bits per heavy atom. The molecule has 1 unspecified atom stereocenters. The molecule has 10 aliphatic rings. The molecule has 0 radical (unpaired) electrons. The summed E-state index contributed by atoms with van der Waals surface area (Å²) in [6.07, 6.45) is -95.7. The van der Waals surface area contributed by atoms with Crippen LogP contribution in [-0.4, -0.2) is 515 Å². The van der Waals surface area contributed by atoms with Crippen LogP contribution in [0.3, 0.4) is 0 Å². The maximum absolute atomic E-state index is 13.4. The molecule has 0 spiro atoms. The Hall–Kier alpha value is -3.43. The van der Waals surface area contributed by atoms with Crippen LogP contribution in [-0.2, 0) is 104 Å². The van der Waals surface area contributed by atoms with Gasteiger partial charge in [-0.05, 0) is 13.8 Å². The summed E-state index contributed by atoms with van der Waals surface area (Å²) in [7, 11) is 0. The molecule has 10 rings (SSSR count). The highest BCUT2D eigenvalue weighted by Crippen LogP contribution is 2.41. The van der Waals surface area contributed by atoms with Crippen LogP contribution in [0.5, 0.6) is 0 Å². The lowest BCUT2D eigenvalue weighted by Gasteiger charge is -2.52. The third-order valence-electron chi connectivity index (χ3n) is 22.0. The highest BCUT2D eigenvalue weighted by Gasteiger charge is 2.62. The van der Waals surface area contributed by atoms with E-state index in [-0.39, 0.29) is 0 Å². The highest BCUT2D eigenvalue weighted by atomic mass is 16.8. The van der Waals surface area contributed by atoms with Gasteiger partial charge in [-0.15, -0.1) is 0 Å². The molecule has 10 aliphatic heterocycles. The minimum Gasteiger partial charge on any atom is -0.394 e. The second-order valence-corrected chi connectivity index (χ2v) is 30.2. The molecule has 118 heavy (non-hydrogen) atoms. The Kier molecular flexibility index (Phi) is 34.3. The maximum Gasteiger partial charge on any atom is 0.217 e. The minimum atomic E-state index is -2.46. The molecule has 30 N–H and O–H groups in total. The fourth-order valence-corrected chi connectivity index (χ4v) is 15.4. The van der Waals surface area contributed by atoms with Gasteiger partial charge in [0.25, 0.3) is 0 Å². The quantitative estimate of drug-likeness (QED) is 0.0331. The van der Waals surface area contributed by atoms with Crippen molar-refractivity contribution in [2.75, 3.05) is 52.9 Å². The molecule has 52 heteroatoms. The van der Waals surface area contributed by atoms with Gasteiger partial charge in [-0.3, -0.25) is 14.4 Å². The van der Waals surface area contributed by atoms with Crippen molar-refractivity contribution in [3.05, 3.63) is 0 Å². The fraction of sp³-hybridized carbons (Fsp3) is 0.955. The summed E-state index contributed by atoms with van der Waals surface area (Å²) < 4.78 is 113. The van der Waals surface area contributed by atoms with Gasteiger partial charge in [0.05, 0.1) is 65.1 Å². The number of hydrogen-bond acceptors (Lipinski definition) is 49. The first-order valence-corrected chi connectivity index (χ1v) is 37.9. The van der Waals surface area contributed by atoms with Gasteiger partial charge in [0.15, 0.2) is 62.9 Å². The average Bonchev–Trinajstić information content (AvgIpc) is 0.763. The summed E-state index contributed by atoms with van der Waals surface area (Å²) in [4.78, 5) is 39.7. The van der Waals surface area contributed by atoms with Crippen LogP contribution in [0.2, 0.25) is 0 Å². The lowest BCUT2D eigenvalue weighted by Crippen LogP contribution is -2.71. The Labute approximate surface area is 668 Å². The molecule has 0 aliphatic carbocycles. The molecule has 0 aromatic carbocycles. The topological polar surface area (TPSA) is 809 Å². The summed E-state index contributed by atoms with van der Waals surface area (Å²) in [5.74, 6) is -2.91. The van der Waals surface area contributed by atoms with Gasteiger partial charge < -0.3 is 244 Å². The summed E-state index contributed by atoms with van der Waals surface area (Å²) >= 11 is 0. The zero-order valence-corrected chi connectivity index (χ0v) is 63.6. The first-order valence-electron chi connectivity index (χ1n) is 37.9. The van der Waals surface area contributed by atoms with Gasteiger partial charge in [0.1, 0.15) is 232 Å². The number of nitrogens with one attached hydrogen (secondary N) is 3. The number of amides is 3. The Balaban J connectivity index is 0.918. The third kappa shape index (κ3) is 20.8. The molecule has 684 valence electrons. The van der Waals surface area contributed by atoms with Gasteiger partial charge in [-0.2, -0.15) is 0 Å². The number of rotatable bonds is 29. The van der Waals surface area contributed by atoms with Gasteiger partial charge in [0.2, 0.25) is 17.7 Å². The van der Waals surface area contributed by atoms with Crippen LogP contribution in [0.15, 0.2) is 0 Å². The first kappa shape index (κ1) is 96.8. The van der Waals surface area contributed by atoms with Gasteiger partial charge in [-0.25, -0.2) is 0 Å². The van der Waals surface area contributed by atoms with Crippen molar-refractivity contribution in [3.63, 3.8) is 0 Å². The molecule has 52 nitrogen and oxygen atoms in total. The fourth-order valence-electron chi connectivity index (χ4n) is 15.4. The summed E-state index contributed by atoms with van der Waals surface area (Å²) in [6, 6.07) is -5.87. The molecule has 50 atom stereocenters. The second kappa shape index (κ2) is 41.8. The van der Waals surface area contributed by atoms with Crippen LogP contribution in [0.4, 0.5) is 0 Å². The van der Waals surface area contributed by atoms with Crippen molar-refractivity contribution in [2.45, 2.75) is 341 Å². The van der Waals surface area contributed by atoms with E-state index >= 15 is 0 Å². The van der Waals surface area contributed by atoms with Crippen molar-refractivity contribution in [2.24, 2.45) is 0 Å². The molecule has 10 heterocycles. The Bertz CT molecular complexity index is 3140. The predicted molar refractivity (Wildman–Crippen MR) is 362 cm³/mol. The standard InChI is InChI=1S/C66H111N3O49/c1-14-30(80)38(88)44(94)61(101-14)115-53-29(69-18(5)79)60(109-25(12-76)51(53)113-63-46(96)40(90)32(82)19(6-70)105-63)117-55-36(86)26(110-65(48(55)98)112-50-23(10-74)103-57(99)43(93)42(50)92)13-100-58-27(67-16(3)77)37(87)49(24(11-75)108-58)111-64-47(97)54(35(85)22(9-73)106-64)116-59-28(68-17(4)78)52(34(84)21(8-72)104-59)114-66-56(41(91)33(83)20(7-71)107-66)118-62-45(95)39(89)31(81)15(2)102-62/h14-15,19-66,70-76,80-99H,6-13H2,1-5H3,(H,67,77)(H,68,78)(H,69,79)/t14-,15-,19+,20+,21+,22+,23+,24+,25+,26+,27+,28+,29+,30+,31+,32-,33-,34+,35-,36-,37+,38+,39+,40-,41-,42+,43+,44-,45-,46+,47+,48+,49+,50+,51+,52+,53+,54-,55-,56+,57?,58+,59-,60-,61-,62-,63-,64-,65-,66-/m0/s1. The number of aliphatic hydroxyl groups is 27. The van der Waals surface area contributed by atoms with E-state index in [0.29, 0.717) is 0 Å². The van der Waals surface area contributed by atoms with E-state index in [9.17, 15) is 152 Å². The lowest BCUT2D eigenvalue weighted by atomic mass is 9.93. The van der Waals surface area contributed by atoms with Crippen molar-refractivity contribution in [1.29, 1.82) is 0 Å². The summed E-state index contributed by atoms with van der Waals surface area (Å²) in [5.41, 5.74) is 0. The molecular formula is C66H111N3O49. The van der Waals surface area contributed by atoms with Crippen LogP contribution in [0.1, 0.15) is 34.6 Å². The van der Waals surface area contributed by atoms with Crippen molar-refractivity contribution in [1.82, 2.24) is 16.0 Å². The summed E-state index contributed by atoms with van der Waals surface area (Å²) in [6.45, 7) is -3.57. The van der Waals surface area contributed by atoms with Crippen LogP contribution >= 0.6 is 0 Å². The zero-order chi connectivity index (χ0) is 86.8. The smallest absolute Gasteiger partial charge is 0.217 e. The van der Waals surface area contributed by atoms with Gasteiger partial charge in [-0.1, -0.05) is 0 Å². The van der Waals surface area contributed by atoms with Crippen molar-refractivity contribution < 1.29 is 242 Å². The second-order valence-electron chi connectivity index (χ2n) is 30.2. The van der Waals surface area contributed by atoms with E-state index in [0.717, 1.165) is 20.8 Å². The van der Waals surface area contributed by atoms with E-state index in [1.807, 2.05) is 0 Å². The molecule has 0 aromatic heterocycles. The number of carbonyl (C=O) groups excluding carboxylic acids is 3. The van der Waals surface area contributed by atoms with Crippen molar-refractivity contribution in [3.8, 4) is 0 Å². The SMILES string of the molecule is CC(=O)N[C@H]1[C@H](OC[C@H]2O[C@@H](O[C@H]3[C@H](O)[C@@H](O)C(O)O[C@@H]3CO)[C@H](O)[C@@H](O[C@@H]3O[C@H](CO)[C@@H](O[C@@H]4O[C@H](CO)[C@H](O)[C@H](O)[C@H]4O)[C@H](O[C@@H]4O[C@@H](C)[C@@H](O)[C@@H](O)[C@@H]4O)[C@H]3NC(C)=O)[C@H]2O)O[C@H](CO)[C@@H](O[C@@H]2O[C@H](CO)[C@H](O)[C@H](O[C@@H]3O[C@H](CO)[C@@H](O)[C@H](O[C@@H]4O[C@H](CO)[C@H](O)[C@H](O)[C@H]4O[C@@H]4O[C@@H](C)[C@@H](O)[C@@H](O)[C@@H]4O)[C@H]3NC(C)=O)[C@H]2O)[C@@H]1O. The van der Waals surface area contributed by atoms with Crippen LogP contribution < -0.4 is 16.0 Å². The normalized spacial score (nSPS) is 51.1. The maximum atomic E-state index is 13.4. The third-order valence-corrected chi connectivity index (χ3v) is 22.0. The molecule has 0 bridgehead atoms. The van der Waals surface area contributed by atoms with E-state index in [4.69, 9.17) is 90.0 Å². The molecular weight excluding hydrogens is 1620 g/mol. The number of aliphatic hydroxyl groups excluding tert-OH is 27. The van der Waals surface area contributed by atoms with Crippen LogP contribution in [0, 0.1) is 0 Å².